The number of amides is 1. The van der Waals surface area contributed by atoms with Gasteiger partial charge in [-0.3, -0.25) is 4.79 Å². The summed E-state index contributed by atoms with van der Waals surface area (Å²) in [5.74, 6) is 0.511. The molecule has 2 rings (SSSR count). The minimum atomic E-state index is -0.230. The van der Waals surface area contributed by atoms with Crippen molar-refractivity contribution in [2.75, 3.05) is 19.6 Å². The zero-order chi connectivity index (χ0) is 15.4. The molecular formula is C16H23BrN2O2. The van der Waals surface area contributed by atoms with Crippen LogP contribution in [0.25, 0.3) is 0 Å². The number of nitrogens with zero attached hydrogens (tertiary/aromatic N) is 1. The van der Waals surface area contributed by atoms with Crippen LogP contribution in [-0.4, -0.2) is 41.6 Å². The molecule has 5 heteroatoms. The highest BCUT2D eigenvalue weighted by molar-refractivity contribution is 9.10. The van der Waals surface area contributed by atoms with Gasteiger partial charge in [0, 0.05) is 23.6 Å². The lowest BCUT2D eigenvalue weighted by atomic mass is 10.00. The lowest BCUT2D eigenvalue weighted by Crippen LogP contribution is -2.45. The Morgan fingerprint density at radius 2 is 2.33 bits per heavy atom. The number of carbonyl (C=O) groups is 1. The molecule has 0 bridgehead atoms. The van der Waals surface area contributed by atoms with Crippen LogP contribution in [0, 0.1) is 5.92 Å². The molecule has 116 valence electrons. The van der Waals surface area contributed by atoms with E-state index < -0.39 is 0 Å². The number of rotatable bonds is 4. The number of piperidine rings is 1. The van der Waals surface area contributed by atoms with Crippen molar-refractivity contribution >= 4 is 21.8 Å². The SMILES string of the molecule is CC1CCCN(CC(C)NC(=O)c2cc(Br)ccc2O)C1. The Bertz CT molecular complexity index is 507. The molecule has 1 amide bonds. The van der Waals surface area contributed by atoms with E-state index in [4.69, 9.17) is 0 Å². The third-order valence-corrected chi connectivity index (χ3v) is 4.35. The van der Waals surface area contributed by atoms with E-state index in [1.54, 1.807) is 12.1 Å². The average molecular weight is 355 g/mol. The van der Waals surface area contributed by atoms with E-state index in [-0.39, 0.29) is 17.7 Å². The number of phenolic OH excluding ortho intramolecular Hbond substituents is 1. The van der Waals surface area contributed by atoms with Gasteiger partial charge in [0.25, 0.3) is 5.91 Å². The lowest BCUT2D eigenvalue weighted by Gasteiger charge is -2.32. The molecule has 2 N–H and O–H groups in total. The monoisotopic (exact) mass is 354 g/mol. The van der Waals surface area contributed by atoms with Crippen molar-refractivity contribution < 1.29 is 9.90 Å². The number of hydrogen-bond acceptors (Lipinski definition) is 3. The highest BCUT2D eigenvalue weighted by Crippen LogP contribution is 2.22. The molecule has 1 fully saturated rings. The minimum absolute atomic E-state index is 0.00879. The Kier molecular flexibility index (Phi) is 5.65. The molecule has 0 aromatic heterocycles. The van der Waals surface area contributed by atoms with Crippen molar-refractivity contribution in [3.05, 3.63) is 28.2 Å². The second kappa shape index (κ2) is 7.27. The van der Waals surface area contributed by atoms with Crippen LogP contribution in [0.15, 0.2) is 22.7 Å². The number of carbonyl (C=O) groups excluding carboxylic acids is 1. The van der Waals surface area contributed by atoms with Crippen molar-refractivity contribution in [2.24, 2.45) is 5.92 Å². The fourth-order valence-corrected chi connectivity index (χ4v) is 3.24. The Morgan fingerprint density at radius 1 is 1.57 bits per heavy atom. The number of hydrogen-bond donors (Lipinski definition) is 2. The van der Waals surface area contributed by atoms with E-state index in [1.165, 1.54) is 18.9 Å². The van der Waals surface area contributed by atoms with Crippen LogP contribution in [0.3, 0.4) is 0 Å². The van der Waals surface area contributed by atoms with Gasteiger partial charge in [-0.1, -0.05) is 22.9 Å². The number of nitrogens with one attached hydrogen (secondary N) is 1. The van der Waals surface area contributed by atoms with Crippen LogP contribution in [0.4, 0.5) is 0 Å². The molecule has 0 radical (unpaired) electrons. The van der Waals surface area contributed by atoms with Gasteiger partial charge in [0.2, 0.25) is 0 Å². The van der Waals surface area contributed by atoms with E-state index in [0.29, 0.717) is 5.56 Å². The standard InChI is InChI=1S/C16H23BrN2O2/c1-11-4-3-7-19(9-11)10-12(2)18-16(21)14-8-13(17)5-6-15(14)20/h5-6,8,11-12,20H,3-4,7,9-10H2,1-2H3,(H,18,21). The maximum absolute atomic E-state index is 12.2. The van der Waals surface area contributed by atoms with Gasteiger partial charge in [-0.15, -0.1) is 0 Å². The third kappa shape index (κ3) is 4.71. The summed E-state index contributed by atoms with van der Waals surface area (Å²) < 4.78 is 0.781. The van der Waals surface area contributed by atoms with Gasteiger partial charge in [0.15, 0.2) is 0 Å². The second-order valence-electron chi connectivity index (χ2n) is 6.04. The van der Waals surface area contributed by atoms with Crippen LogP contribution < -0.4 is 5.32 Å². The van der Waals surface area contributed by atoms with Crippen LogP contribution >= 0.6 is 15.9 Å². The normalized spacial score (nSPS) is 21.0. The largest absolute Gasteiger partial charge is 0.507 e. The molecule has 1 aliphatic rings. The van der Waals surface area contributed by atoms with E-state index >= 15 is 0 Å². The fourth-order valence-electron chi connectivity index (χ4n) is 2.88. The Labute approximate surface area is 134 Å². The van der Waals surface area contributed by atoms with Gasteiger partial charge in [-0.05, 0) is 50.4 Å². The molecule has 2 unspecified atom stereocenters. The topological polar surface area (TPSA) is 52.6 Å². The summed E-state index contributed by atoms with van der Waals surface area (Å²) in [6.07, 6.45) is 2.53. The van der Waals surface area contributed by atoms with Crippen LogP contribution in [0.1, 0.15) is 37.0 Å². The predicted octanol–water partition coefficient (Wildman–Crippen LogP) is 3.00. The van der Waals surface area contributed by atoms with Gasteiger partial charge >= 0.3 is 0 Å². The first kappa shape index (κ1) is 16.3. The summed E-state index contributed by atoms with van der Waals surface area (Å²) in [4.78, 5) is 14.6. The summed E-state index contributed by atoms with van der Waals surface area (Å²) in [5, 5.41) is 12.7. The molecule has 1 aromatic carbocycles. The molecule has 1 heterocycles. The Morgan fingerprint density at radius 3 is 3.05 bits per heavy atom. The molecule has 0 aliphatic carbocycles. The average Bonchev–Trinajstić information content (AvgIpc) is 2.41. The van der Waals surface area contributed by atoms with Gasteiger partial charge in [0.05, 0.1) is 5.56 Å². The summed E-state index contributed by atoms with van der Waals surface area (Å²) in [5.41, 5.74) is 0.309. The highest BCUT2D eigenvalue weighted by Gasteiger charge is 2.20. The molecule has 4 nitrogen and oxygen atoms in total. The van der Waals surface area contributed by atoms with Crippen molar-refractivity contribution in [3.63, 3.8) is 0 Å². The number of benzene rings is 1. The van der Waals surface area contributed by atoms with E-state index in [2.05, 4.69) is 33.1 Å². The van der Waals surface area contributed by atoms with Crippen LogP contribution in [0.2, 0.25) is 0 Å². The maximum Gasteiger partial charge on any atom is 0.255 e. The zero-order valence-corrected chi connectivity index (χ0v) is 14.2. The van der Waals surface area contributed by atoms with E-state index in [1.807, 2.05) is 6.92 Å². The molecule has 1 aliphatic heterocycles. The number of likely N-dealkylation sites (tertiary alicyclic amines) is 1. The molecule has 1 saturated heterocycles. The first-order valence-corrected chi connectivity index (χ1v) is 8.26. The lowest BCUT2D eigenvalue weighted by molar-refractivity contribution is 0.0917. The van der Waals surface area contributed by atoms with Crippen molar-refractivity contribution in [2.45, 2.75) is 32.7 Å². The van der Waals surface area contributed by atoms with Crippen molar-refractivity contribution in [1.82, 2.24) is 10.2 Å². The number of halogens is 1. The predicted molar refractivity (Wildman–Crippen MR) is 87.6 cm³/mol. The van der Waals surface area contributed by atoms with Gasteiger partial charge < -0.3 is 15.3 Å². The second-order valence-corrected chi connectivity index (χ2v) is 6.96. The summed E-state index contributed by atoms with van der Waals surface area (Å²) in [6, 6.07) is 4.93. The summed E-state index contributed by atoms with van der Waals surface area (Å²) in [6.45, 7) is 7.33. The molecule has 0 saturated carbocycles. The smallest absolute Gasteiger partial charge is 0.255 e. The van der Waals surface area contributed by atoms with Gasteiger partial charge in [-0.2, -0.15) is 0 Å². The maximum atomic E-state index is 12.2. The van der Waals surface area contributed by atoms with Crippen molar-refractivity contribution in [3.8, 4) is 5.75 Å². The van der Waals surface area contributed by atoms with Crippen molar-refractivity contribution in [1.29, 1.82) is 0 Å². The zero-order valence-electron chi connectivity index (χ0n) is 12.6. The molecule has 0 spiro atoms. The Balaban J connectivity index is 1.91. The quantitative estimate of drug-likeness (QED) is 0.873. The first-order valence-electron chi connectivity index (χ1n) is 7.47. The van der Waals surface area contributed by atoms with E-state index in [9.17, 15) is 9.90 Å². The van der Waals surface area contributed by atoms with Crippen LogP contribution in [0.5, 0.6) is 5.75 Å². The summed E-state index contributed by atoms with van der Waals surface area (Å²) >= 11 is 3.32. The highest BCUT2D eigenvalue weighted by atomic mass is 79.9. The number of aromatic hydroxyl groups is 1. The fraction of sp³-hybridized carbons (Fsp3) is 0.562. The summed E-state index contributed by atoms with van der Waals surface area (Å²) in [7, 11) is 0. The molecule has 2 atom stereocenters. The minimum Gasteiger partial charge on any atom is -0.507 e. The van der Waals surface area contributed by atoms with Gasteiger partial charge in [-0.25, -0.2) is 0 Å². The third-order valence-electron chi connectivity index (χ3n) is 3.85. The first-order chi connectivity index (χ1) is 9.95. The molecular weight excluding hydrogens is 332 g/mol. The van der Waals surface area contributed by atoms with E-state index in [0.717, 1.165) is 30.0 Å². The van der Waals surface area contributed by atoms with Crippen LogP contribution in [-0.2, 0) is 0 Å². The molecule has 21 heavy (non-hydrogen) atoms. The van der Waals surface area contributed by atoms with Gasteiger partial charge in [0.1, 0.15) is 5.75 Å². The number of phenols is 1. The molecule has 1 aromatic rings. The Hall–Kier alpha value is -1.07.